The number of benzene rings is 1. The molecule has 5 nitrogen and oxygen atoms in total. The molecule has 0 bridgehead atoms. The van der Waals surface area contributed by atoms with Crippen LogP contribution in [-0.4, -0.2) is 28.8 Å². The van der Waals surface area contributed by atoms with E-state index in [4.69, 9.17) is 0 Å². The van der Waals surface area contributed by atoms with Crippen molar-refractivity contribution >= 4 is 17.4 Å². The number of hydrogen-bond donors (Lipinski definition) is 1. The lowest BCUT2D eigenvalue weighted by Gasteiger charge is -2.35. The minimum Gasteiger partial charge on any atom is -0.352 e. The highest BCUT2D eigenvalue weighted by atomic mass is 16.1. The first kappa shape index (κ1) is 15.9. The van der Waals surface area contributed by atoms with Crippen molar-refractivity contribution in [2.75, 3.05) is 18.0 Å². The maximum absolute atomic E-state index is 11.5. The molecule has 1 amide bonds. The van der Waals surface area contributed by atoms with Gasteiger partial charge in [-0.15, -0.1) is 0 Å². The van der Waals surface area contributed by atoms with Crippen molar-refractivity contribution in [3.8, 4) is 0 Å². The monoisotopic (exact) mass is 336 g/mol. The Balaban J connectivity index is 1.53. The molecule has 1 aliphatic carbocycles. The Morgan fingerprint density at radius 3 is 2.72 bits per heavy atom. The molecule has 1 atom stereocenters. The van der Waals surface area contributed by atoms with E-state index in [-0.39, 0.29) is 5.91 Å². The van der Waals surface area contributed by atoms with Crippen LogP contribution in [0.15, 0.2) is 49.2 Å². The number of fused-ring (bicyclic) bond motifs is 1. The molecule has 2 aromatic rings. The maximum Gasteiger partial charge on any atom is 0.243 e. The van der Waals surface area contributed by atoms with E-state index in [1.807, 2.05) is 10.9 Å². The Kier molecular flexibility index (Phi) is 4.30. The molecule has 0 radical (unpaired) electrons. The standard InChI is InChI=1S/C20H24N4O/c1-2-19(25)21-12-15-13-23(20-10-11-22-24(20)14-15)18-8-6-17(7-9-18)16-4-3-5-16/h2,6-11,15-16H,1,3-5,12-14H2,(H,21,25)/t15-/m0/s1. The third kappa shape index (κ3) is 3.18. The highest BCUT2D eigenvalue weighted by Crippen LogP contribution is 2.38. The fraction of sp³-hybridized carbons (Fsp3) is 0.400. The molecule has 1 fully saturated rings. The van der Waals surface area contributed by atoms with Gasteiger partial charge in [0.15, 0.2) is 0 Å². The van der Waals surface area contributed by atoms with Crippen LogP contribution in [0.5, 0.6) is 0 Å². The van der Waals surface area contributed by atoms with E-state index >= 15 is 0 Å². The van der Waals surface area contributed by atoms with Crippen molar-refractivity contribution in [1.29, 1.82) is 0 Å². The van der Waals surface area contributed by atoms with Crippen LogP contribution < -0.4 is 10.2 Å². The highest BCUT2D eigenvalue weighted by Gasteiger charge is 2.26. The second-order valence-corrected chi connectivity index (χ2v) is 7.02. The molecule has 5 heteroatoms. The minimum absolute atomic E-state index is 0.123. The van der Waals surface area contributed by atoms with Gasteiger partial charge in [0, 0.05) is 37.3 Å². The van der Waals surface area contributed by atoms with Crippen molar-refractivity contribution in [2.24, 2.45) is 5.92 Å². The minimum atomic E-state index is -0.123. The maximum atomic E-state index is 11.5. The van der Waals surface area contributed by atoms with E-state index < -0.39 is 0 Å². The SMILES string of the molecule is C=CC(=O)NC[C@H]1CN(c2ccc(C3CCC3)cc2)c2ccnn2C1. The zero-order valence-electron chi connectivity index (χ0n) is 14.4. The molecule has 25 heavy (non-hydrogen) atoms. The lowest BCUT2D eigenvalue weighted by molar-refractivity contribution is -0.116. The van der Waals surface area contributed by atoms with Crippen LogP contribution in [0.1, 0.15) is 30.7 Å². The molecule has 130 valence electrons. The summed E-state index contributed by atoms with van der Waals surface area (Å²) >= 11 is 0. The molecular weight excluding hydrogens is 312 g/mol. The predicted octanol–water partition coefficient (Wildman–Crippen LogP) is 3.22. The first-order valence-electron chi connectivity index (χ1n) is 9.04. The highest BCUT2D eigenvalue weighted by molar-refractivity contribution is 5.86. The van der Waals surface area contributed by atoms with Crippen LogP contribution in [0.3, 0.4) is 0 Å². The van der Waals surface area contributed by atoms with Crippen LogP contribution in [0.25, 0.3) is 0 Å². The number of carbonyl (C=O) groups excluding carboxylic acids is 1. The summed E-state index contributed by atoms with van der Waals surface area (Å²) in [5.74, 6) is 2.05. The van der Waals surface area contributed by atoms with Gasteiger partial charge in [0.05, 0.1) is 6.20 Å². The summed E-state index contributed by atoms with van der Waals surface area (Å²) in [5.41, 5.74) is 2.64. The number of nitrogens with one attached hydrogen (secondary N) is 1. The Morgan fingerprint density at radius 2 is 2.04 bits per heavy atom. The molecular formula is C20H24N4O. The van der Waals surface area contributed by atoms with Gasteiger partial charge in [0.1, 0.15) is 5.82 Å². The zero-order chi connectivity index (χ0) is 17.2. The average Bonchev–Trinajstić information content (AvgIpc) is 3.06. The molecule has 0 unspecified atom stereocenters. The molecule has 1 N–H and O–H groups in total. The van der Waals surface area contributed by atoms with Crippen molar-refractivity contribution in [2.45, 2.75) is 31.7 Å². The summed E-state index contributed by atoms with van der Waals surface area (Å²) in [6.07, 6.45) is 7.16. The van der Waals surface area contributed by atoms with Crippen LogP contribution in [0.4, 0.5) is 11.5 Å². The fourth-order valence-electron chi connectivity index (χ4n) is 3.70. The van der Waals surface area contributed by atoms with Gasteiger partial charge >= 0.3 is 0 Å². The molecule has 0 spiro atoms. The van der Waals surface area contributed by atoms with E-state index in [9.17, 15) is 4.79 Å². The van der Waals surface area contributed by atoms with E-state index in [0.717, 1.165) is 24.8 Å². The summed E-state index contributed by atoms with van der Waals surface area (Å²) < 4.78 is 2.02. The fourth-order valence-corrected chi connectivity index (χ4v) is 3.70. The quantitative estimate of drug-likeness (QED) is 0.853. The first-order valence-corrected chi connectivity index (χ1v) is 9.04. The molecule has 4 rings (SSSR count). The summed E-state index contributed by atoms with van der Waals surface area (Å²) in [4.78, 5) is 13.8. The second-order valence-electron chi connectivity index (χ2n) is 7.02. The average molecular weight is 336 g/mol. The molecule has 1 saturated carbocycles. The lowest BCUT2D eigenvalue weighted by Crippen LogP contribution is -2.41. The van der Waals surface area contributed by atoms with E-state index in [2.05, 4.69) is 52.2 Å². The third-order valence-electron chi connectivity index (χ3n) is 5.37. The number of carbonyl (C=O) groups is 1. The third-order valence-corrected chi connectivity index (χ3v) is 5.37. The largest absolute Gasteiger partial charge is 0.352 e. The van der Waals surface area contributed by atoms with Crippen molar-refractivity contribution in [1.82, 2.24) is 15.1 Å². The van der Waals surface area contributed by atoms with Crippen molar-refractivity contribution < 1.29 is 4.79 Å². The van der Waals surface area contributed by atoms with Crippen LogP contribution in [-0.2, 0) is 11.3 Å². The number of aromatic nitrogens is 2. The Bertz CT molecular complexity index is 760. The molecule has 1 aromatic heterocycles. The number of anilines is 2. The van der Waals surface area contributed by atoms with Gasteiger partial charge in [-0.1, -0.05) is 25.1 Å². The van der Waals surface area contributed by atoms with Gasteiger partial charge in [-0.05, 0) is 42.5 Å². The number of nitrogens with zero attached hydrogens (tertiary/aromatic N) is 3. The van der Waals surface area contributed by atoms with Crippen molar-refractivity contribution in [3.05, 3.63) is 54.7 Å². The van der Waals surface area contributed by atoms with E-state index in [1.54, 1.807) is 0 Å². The summed E-state index contributed by atoms with van der Waals surface area (Å²) in [5, 5.41) is 7.35. The van der Waals surface area contributed by atoms with Crippen LogP contribution in [0, 0.1) is 5.92 Å². The second kappa shape index (κ2) is 6.75. The summed E-state index contributed by atoms with van der Waals surface area (Å²) in [6, 6.07) is 11.0. The van der Waals surface area contributed by atoms with Crippen LogP contribution in [0.2, 0.25) is 0 Å². The molecule has 2 heterocycles. The smallest absolute Gasteiger partial charge is 0.243 e. The van der Waals surface area contributed by atoms with Crippen molar-refractivity contribution in [3.63, 3.8) is 0 Å². The van der Waals surface area contributed by atoms with Gasteiger partial charge in [-0.2, -0.15) is 5.10 Å². The zero-order valence-corrected chi connectivity index (χ0v) is 14.4. The molecule has 1 aromatic carbocycles. The Hall–Kier alpha value is -2.56. The van der Waals surface area contributed by atoms with Gasteiger partial charge in [-0.3, -0.25) is 4.79 Å². The molecule has 0 saturated heterocycles. The number of rotatable bonds is 5. The predicted molar refractivity (Wildman–Crippen MR) is 99.0 cm³/mol. The summed E-state index contributed by atoms with van der Waals surface area (Å²) in [7, 11) is 0. The molecule has 1 aliphatic heterocycles. The van der Waals surface area contributed by atoms with Gasteiger partial charge in [0.25, 0.3) is 0 Å². The number of hydrogen-bond acceptors (Lipinski definition) is 3. The van der Waals surface area contributed by atoms with Crippen LogP contribution >= 0.6 is 0 Å². The Labute approximate surface area is 148 Å². The first-order chi connectivity index (χ1) is 12.2. The summed E-state index contributed by atoms with van der Waals surface area (Å²) in [6.45, 7) is 5.82. The van der Waals surface area contributed by atoms with Gasteiger partial charge < -0.3 is 10.2 Å². The van der Waals surface area contributed by atoms with E-state index in [1.165, 1.54) is 36.6 Å². The topological polar surface area (TPSA) is 50.2 Å². The normalized spacial score (nSPS) is 19.8. The van der Waals surface area contributed by atoms with E-state index in [0.29, 0.717) is 12.5 Å². The lowest BCUT2D eigenvalue weighted by atomic mass is 9.80. The Morgan fingerprint density at radius 1 is 1.24 bits per heavy atom. The number of amides is 1. The van der Waals surface area contributed by atoms with Gasteiger partial charge in [-0.25, -0.2) is 4.68 Å². The molecule has 2 aliphatic rings. The van der Waals surface area contributed by atoms with Gasteiger partial charge in [0.2, 0.25) is 5.91 Å².